The second-order valence-electron chi connectivity index (χ2n) is 3.40. The average molecular weight is 207 g/mol. The number of rotatable bonds is 4. The molecule has 4 nitrogen and oxygen atoms in total. The molecule has 1 aromatic carbocycles. The monoisotopic (exact) mass is 207 g/mol. The molecule has 80 valence electrons. The van der Waals surface area contributed by atoms with E-state index in [9.17, 15) is 4.79 Å². The number of hydrogen-bond acceptors (Lipinski definition) is 4. The molecule has 0 radical (unpaired) electrons. The van der Waals surface area contributed by atoms with Gasteiger partial charge in [0.2, 0.25) is 0 Å². The van der Waals surface area contributed by atoms with Gasteiger partial charge in [-0.15, -0.1) is 0 Å². The van der Waals surface area contributed by atoms with Crippen LogP contribution in [0.15, 0.2) is 24.3 Å². The molecule has 1 aliphatic rings. The van der Waals surface area contributed by atoms with Crippen LogP contribution in [0.25, 0.3) is 0 Å². The summed E-state index contributed by atoms with van der Waals surface area (Å²) < 4.78 is 5.15. The van der Waals surface area contributed by atoms with Crippen LogP contribution in [0.2, 0.25) is 0 Å². The molecule has 0 saturated carbocycles. The highest BCUT2D eigenvalue weighted by atomic mass is 16.6. The first-order valence-electron chi connectivity index (χ1n) is 4.97. The van der Waals surface area contributed by atoms with Crippen LogP contribution in [0.3, 0.4) is 0 Å². The van der Waals surface area contributed by atoms with E-state index in [1.54, 1.807) is 6.07 Å². The van der Waals surface area contributed by atoms with E-state index in [0.717, 1.165) is 5.56 Å². The summed E-state index contributed by atoms with van der Waals surface area (Å²) in [5.41, 5.74) is 1.50. The van der Waals surface area contributed by atoms with Crippen LogP contribution in [0.5, 0.6) is 0 Å². The van der Waals surface area contributed by atoms with Gasteiger partial charge in [-0.05, 0) is 12.5 Å². The maximum absolute atomic E-state index is 11.4. The predicted octanol–water partition coefficient (Wildman–Crippen LogP) is 0.828. The Hall–Kier alpha value is -1.39. The first-order valence-corrected chi connectivity index (χ1v) is 4.97. The van der Waals surface area contributed by atoms with Crippen molar-refractivity contribution in [2.75, 3.05) is 13.2 Å². The highest BCUT2D eigenvalue weighted by Gasteiger charge is 2.29. The van der Waals surface area contributed by atoms with Crippen molar-refractivity contribution in [3.8, 4) is 0 Å². The molecule has 1 aliphatic heterocycles. The van der Waals surface area contributed by atoms with Crippen LogP contribution in [0, 0.1) is 0 Å². The van der Waals surface area contributed by atoms with Crippen molar-refractivity contribution in [3.05, 3.63) is 35.4 Å². The van der Waals surface area contributed by atoms with Crippen molar-refractivity contribution in [1.82, 2.24) is 5.32 Å². The molecule has 0 aliphatic carbocycles. The summed E-state index contributed by atoms with van der Waals surface area (Å²) >= 11 is 0. The minimum Gasteiger partial charge on any atom is -0.439 e. The van der Waals surface area contributed by atoms with Gasteiger partial charge in [-0.1, -0.05) is 18.2 Å². The fourth-order valence-electron chi connectivity index (χ4n) is 1.61. The number of aliphatic hydroxyl groups is 1. The lowest BCUT2D eigenvalue weighted by Crippen LogP contribution is -2.22. The van der Waals surface area contributed by atoms with E-state index in [-0.39, 0.29) is 18.8 Å². The van der Waals surface area contributed by atoms with Gasteiger partial charge in [0.25, 0.3) is 0 Å². The number of benzene rings is 1. The van der Waals surface area contributed by atoms with Crippen molar-refractivity contribution < 1.29 is 14.6 Å². The zero-order chi connectivity index (χ0) is 10.7. The van der Waals surface area contributed by atoms with Gasteiger partial charge in [-0.3, -0.25) is 5.32 Å². The number of aliphatic hydroxyl groups excluding tert-OH is 1. The van der Waals surface area contributed by atoms with Gasteiger partial charge in [0.1, 0.15) is 0 Å². The number of carbonyl (C=O) groups is 1. The normalized spacial score (nSPS) is 18.7. The lowest BCUT2D eigenvalue weighted by Gasteiger charge is -2.11. The van der Waals surface area contributed by atoms with E-state index in [0.29, 0.717) is 18.5 Å². The summed E-state index contributed by atoms with van der Waals surface area (Å²) in [5, 5.41) is 11.7. The van der Waals surface area contributed by atoms with Gasteiger partial charge in [0, 0.05) is 18.7 Å². The molecule has 1 aromatic rings. The molecule has 2 N–H and O–H groups in total. The first kappa shape index (κ1) is 10.1. The van der Waals surface area contributed by atoms with Gasteiger partial charge in [-0.25, -0.2) is 4.79 Å². The second-order valence-corrected chi connectivity index (χ2v) is 3.40. The van der Waals surface area contributed by atoms with E-state index >= 15 is 0 Å². The summed E-state index contributed by atoms with van der Waals surface area (Å²) in [4.78, 5) is 11.4. The Kier molecular flexibility index (Phi) is 2.99. The largest absolute Gasteiger partial charge is 0.439 e. The molecule has 0 amide bonds. The summed E-state index contributed by atoms with van der Waals surface area (Å²) in [6, 6.07) is 7.32. The third kappa shape index (κ3) is 2.00. The van der Waals surface area contributed by atoms with E-state index in [1.807, 2.05) is 18.2 Å². The van der Waals surface area contributed by atoms with Crippen molar-refractivity contribution in [2.24, 2.45) is 0 Å². The van der Waals surface area contributed by atoms with Crippen molar-refractivity contribution >= 4 is 5.97 Å². The topological polar surface area (TPSA) is 58.6 Å². The van der Waals surface area contributed by atoms with Crippen LogP contribution in [0.4, 0.5) is 0 Å². The summed E-state index contributed by atoms with van der Waals surface area (Å²) in [6.45, 7) is 0.762. The molecule has 1 heterocycles. The lowest BCUT2D eigenvalue weighted by molar-refractivity contribution is 0.0306. The smallest absolute Gasteiger partial charge is 0.340 e. The molecular weight excluding hydrogens is 194 g/mol. The number of nitrogens with one attached hydrogen (secondary N) is 1. The SMILES string of the molecule is O=C1OC(NCCCO)c2ccccc21. The average Bonchev–Trinajstić information content (AvgIpc) is 2.58. The maximum Gasteiger partial charge on any atom is 0.340 e. The fraction of sp³-hybridized carbons (Fsp3) is 0.364. The number of hydrogen-bond donors (Lipinski definition) is 2. The third-order valence-corrected chi connectivity index (χ3v) is 2.35. The molecule has 1 atom stereocenters. The van der Waals surface area contributed by atoms with E-state index in [1.165, 1.54) is 0 Å². The van der Waals surface area contributed by atoms with E-state index < -0.39 is 0 Å². The Morgan fingerprint density at radius 2 is 2.20 bits per heavy atom. The third-order valence-electron chi connectivity index (χ3n) is 2.35. The molecule has 15 heavy (non-hydrogen) atoms. The molecule has 1 unspecified atom stereocenters. The summed E-state index contributed by atoms with van der Waals surface area (Å²) in [7, 11) is 0. The Labute approximate surface area is 87.9 Å². The zero-order valence-corrected chi connectivity index (χ0v) is 8.27. The number of fused-ring (bicyclic) bond motifs is 1. The summed E-state index contributed by atoms with van der Waals surface area (Å²) in [5.74, 6) is -0.285. The maximum atomic E-state index is 11.4. The second kappa shape index (κ2) is 4.42. The van der Waals surface area contributed by atoms with Crippen LogP contribution < -0.4 is 5.32 Å². The predicted molar refractivity (Wildman–Crippen MR) is 54.3 cm³/mol. The van der Waals surface area contributed by atoms with Gasteiger partial charge in [0.15, 0.2) is 6.23 Å². The van der Waals surface area contributed by atoms with Gasteiger partial charge >= 0.3 is 5.97 Å². The highest BCUT2D eigenvalue weighted by Crippen LogP contribution is 2.27. The molecule has 0 saturated heterocycles. The van der Waals surface area contributed by atoms with E-state index in [4.69, 9.17) is 9.84 Å². The number of esters is 1. The zero-order valence-electron chi connectivity index (χ0n) is 8.27. The number of carbonyl (C=O) groups excluding carboxylic acids is 1. The number of cyclic esters (lactones) is 1. The molecule has 0 fully saturated rings. The number of ether oxygens (including phenoxy) is 1. The minimum atomic E-state index is -0.361. The molecular formula is C11H13NO3. The standard InChI is InChI=1S/C11H13NO3/c13-7-3-6-12-10-8-4-1-2-5-9(8)11(14)15-10/h1-2,4-5,10,12-13H,3,6-7H2. The Bertz CT molecular complexity index is 365. The molecule has 0 spiro atoms. The fourth-order valence-corrected chi connectivity index (χ4v) is 1.61. The Balaban J connectivity index is 2.08. The van der Waals surface area contributed by atoms with Crippen molar-refractivity contribution in [2.45, 2.75) is 12.6 Å². The van der Waals surface area contributed by atoms with Crippen LogP contribution in [0.1, 0.15) is 28.6 Å². The molecule has 0 bridgehead atoms. The highest BCUT2D eigenvalue weighted by molar-refractivity contribution is 5.93. The van der Waals surface area contributed by atoms with Gasteiger partial charge in [0.05, 0.1) is 5.56 Å². The molecule has 0 aromatic heterocycles. The molecule has 4 heteroatoms. The Morgan fingerprint density at radius 1 is 1.40 bits per heavy atom. The van der Waals surface area contributed by atoms with Crippen LogP contribution in [-0.4, -0.2) is 24.2 Å². The molecule has 2 rings (SSSR count). The van der Waals surface area contributed by atoms with Gasteiger partial charge < -0.3 is 9.84 Å². The quantitative estimate of drug-likeness (QED) is 0.567. The Morgan fingerprint density at radius 3 is 3.00 bits per heavy atom. The van der Waals surface area contributed by atoms with Gasteiger partial charge in [-0.2, -0.15) is 0 Å². The minimum absolute atomic E-state index is 0.134. The van der Waals surface area contributed by atoms with Crippen LogP contribution >= 0.6 is 0 Å². The lowest BCUT2D eigenvalue weighted by atomic mass is 10.1. The first-order chi connectivity index (χ1) is 7.33. The van der Waals surface area contributed by atoms with Crippen molar-refractivity contribution in [1.29, 1.82) is 0 Å². The summed E-state index contributed by atoms with van der Waals surface area (Å²) in [6.07, 6.45) is 0.288. The van der Waals surface area contributed by atoms with E-state index in [2.05, 4.69) is 5.32 Å². The van der Waals surface area contributed by atoms with Crippen molar-refractivity contribution in [3.63, 3.8) is 0 Å². The van der Waals surface area contributed by atoms with Crippen LogP contribution in [-0.2, 0) is 4.74 Å².